The van der Waals surface area contributed by atoms with Gasteiger partial charge in [-0.2, -0.15) is 5.11 Å². The molecule has 0 atom stereocenters. The average molecular weight is 380 g/mol. The first-order valence-electron chi connectivity index (χ1n) is 8.20. The van der Waals surface area contributed by atoms with E-state index in [4.69, 9.17) is 4.74 Å². The van der Waals surface area contributed by atoms with Crippen LogP contribution in [0.1, 0.15) is 11.1 Å². The molecule has 0 bridgehead atoms. The number of phenols is 1. The van der Waals surface area contributed by atoms with Gasteiger partial charge in [0.2, 0.25) is 0 Å². The minimum absolute atomic E-state index is 0.0943. The van der Waals surface area contributed by atoms with Crippen molar-refractivity contribution >= 4 is 23.2 Å². The Hall–Kier alpha value is -4.01. The summed E-state index contributed by atoms with van der Waals surface area (Å²) in [6.45, 7) is 3.54. The number of hydrogen-bond acceptors (Lipinski definition) is 7. The van der Waals surface area contributed by atoms with Crippen LogP contribution < -0.4 is 4.74 Å². The van der Waals surface area contributed by atoms with Crippen molar-refractivity contribution in [3.05, 3.63) is 76.1 Å². The molecule has 0 saturated carbocycles. The third-order valence-electron chi connectivity index (χ3n) is 3.90. The highest BCUT2D eigenvalue weighted by atomic mass is 16.6. The van der Waals surface area contributed by atoms with E-state index in [1.54, 1.807) is 32.0 Å². The summed E-state index contributed by atoms with van der Waals surface area (Å²) in [5.74, 6) is 0.404. The Bertz CT molecular complexity index is 1050. The van der Waals surface area contributed by atoms with E-state index in [1.807, 2.05) is 0 Å². The maximum absolute atomic E-state index is 12.2. The molecule has 28 heavy (non-hydrogen) atoms. The van der Waals surface area contributed by atoms with Crippen molar-refractivity contribution in [1.82, 2.24) is 4.57 Å². The van der Waals surface area contributed by atoms with Gasteiger partial charge < -0.3 is 9.84 Å². The number of nitro benzene ring substituents is 1. The van der Waals surface area contributed by atoms with Crippen LogP contribution in [0.5, 0.6) is 11.5 Å². The lowest BCUT2D eigenvalue weighted by atomic mass is 10.1. The third-order valence-corrected chi connectivity index (χ3v) is 3.90. The summed E-state index contributed by atoms with van der Waals surface area (Å²) in [7, 11) is 0. The Morgan fingerprint density at radius 2 is 1.68 bits per heavy atom. The van der Waals surface area contributed by atoms with E-state index in [9.17, 15) is 20.0 Å². The summed E-state index contributed by atoms with van der Waals surface area (Å²) in [5.41, 5.74) is 2.30. The number of benzene rings is 2. The van der Waals surface area contributed by atoms with Crippen LogP contribution in [0.4, 0.5) is 21.9 Å². The molecular weight excluding hydrogens is 364 g/mol. The van der Waals surface area contributed by atoms with E-state index in [1.165, 1.54) is 41.2 Å². The number of azo groups is 1. The van der Waals surface area contributed by atoms with Gasteiger partial charge >= 0.3 is 6.09 Å². The molecule has 0 radical (unpaired) electrons. The van der Waals surface area contributed by atoms with Gasteiger partial charge in [-0.1, -0.05) is 0 Å². The van der Waals surface area contributed by atoms with Crippen molar-refractivity contribution in [3.8, 4) is 11.5 Å². The van der Waals surface area contributed by atoms with Crippen molar-refractivity contribution in [1.29, 1.82) is 0 Å². The van der Waals surface area contributed by atoms with Gasteiger partial charge in [-0.3, -0.25) is 14.7 Å². The number of phenolic OH excluding ortho intramolecular Hbond substituents is 1. The molecule has 9 nitrogen and oxygen atoms in total. The molecule has 0 saturated heterocycles. The van der Waals surface area contributed by atoms with E-state index < -0.39 is 11.0 Å². The number of carbonyl (C=O) groups excluding carboxylic acids is 1. The maximum Gasteiger partial charge on any atom is 0.423 e. The van der Waals surface area contributed by atoms with Crippen LogP contribution in [0.25, 0.3) is 0 Å². The molecule has 3 aromatic rings. The first kappa shape index (κ1) is 18.8. The zero-order valence-corrected chi connectivity index (χ0v) is 15.1. The summed E-state index contributed by atoms with van der Waals surface area (Å²) >= 11 is 0. The molecule has 1 N–H and O–H groups in total. The minimum Gasteiger partial charge on any atom is -0.507 e. The predicted octanol–water partition coefficient (Wildman–Crippen LogP) is 5.18. The lowest BCUT2D eigenvalue weighted by molar-refractivity contribution is -0.384. The fourth-order valence-electron chi connectivity index (χ4n) is 2.45. The molecule has 2 aromatic carbocycles. The first-order valence-corrected chi connectivity index (χ1v) is 8.20. The van der Waals surface area contributed by atoms with Crippen molar-refractivity contribution in [3.63, 3.8) is 0 Å². The normalized spacial score (nSPS) is 10.9. The topological polar surface area (TPSA) is 119 Å². The molecular formula is C19H16N4O5. The number of hydrogen-bond donors (Lipinski definition) is 1. The van der Waals surface area contributed by atoms with Gasteiger partial charge in [0.15, 0.2) is 0 Å². The third kappa shape index (κ3) is 4.21. The van der Waals surface area contributed by atoms with Crippen LogP contribution in [0, 0.1) is 24.0 Å². The second kappa shape index (κ2) is 7.70. The SMILES string of the molecule is Cc1cc(N=Nc2ccn(C(=O)Oc3ccc([N+](=O)[O-])cc3)c2)cc(C)c1O. The highest BCUT2D eigenvalue weighted by molar-refractivity contribution is 5.74. The average Bonchev–Trinajstić information content (AvgIpc) is 3.14. The molecule has 0 amide bonds. The lowest BCUT2D eigenvalue weighted by Gasteiger charge is -2.04. The number of aromatic hydroxyl groups is 1. The van der Waals surface area contributed by atoms with E-state index in [2.05, 4.69) is 10.2 Å². The van der Waals surface area contributed by atoms with Crippen LogP contribution in [-0.4, -0.2) is 20.7 Å². The number of rotatable bonds is 4. The van der Waals surface area contributed by atoms with Crippen LogP contribution >= 0.6 is 0 Å². The number of ether oxygens (including phenoxy) is 1. The molecule has 0 aliphatic heterocycles. The van der Waals surface area contributed by atoms with Gasteiger partial charge in [0.25, 0.3) is 5.69 Å². The molecule has 9 heteroatoms. The van der Waals surface area contributed by atoms with Gasteiger partial charge in [-0.25, -0.2) is 4.79 Å². The standard InChI is InChI=1S/C19H16N4O5/c1-12-9-15(10-13(2)18(12)24)21-20-14-7-8-22(11-14)19(25)28-17-5-3-16(4-6-17)23(26)27/h3-11,24H,1-2H3. The van der Waals surface area contributed by atoms with Gasteiger partial charge in [0.05, 0.1) is 10.6 Å². The summed E-state index contributed by atoms with van der Waals surface area (Å²) in [4.78, 5) is 22.3. The minimum atomic E-state index is -0.688. The van der Waals surface area contributed by atoms with Gasteiger partial charge in [0, 0.05) is 24.5 Å². The van der Waals surface area contributed by atoms with Gasteiger partial charge in [-0.05, 0) is 55.3 Å². The number of carbonyl (C=O) groups is 1. The van der Waals surface area contributed by atoms with E-state index in [0.717, 1.165) is 0 Å². The number of aromatic nitrogens is 1. The fourth-order valence-corrected chi connectivity index (χ4v) is 2.45. The molecule has 1 heterocycles. The molecule has 0 spiro atoms. The van der Waals surface area contributed by atoms with Crippen LogP contribution in [0.15, 0.2) is 65.1 Å². The van der Waals surface area contributed by atoms with Crippen molar-refractivity contribution in [2.45, 2.75) is 13.8 Å². The molecule has 0 aliphatic carbocycles. The first-order chi connectivity index (χ1) is 13.3. The Kier molecular flexibility index (Phi) is 5.16. The summed E-state index contributed by atoms with van der Waals surface area (Å²) in [6, 6.07) is 10.2. The molecule has 0 unspecified atom stereocenters. The maximum atomic E-state index is 12.2. The number of aryl methyl sites for hydroxylation is 2. The second-order valence-electron chi connectivity index (χ2n) is 6.02. The van der Waals surface area contributed by atoms with E-state index in [0.29, 0.717) is 22.5 Å². The fraction of sp³-hybridized carbons (Fsp3) is 0.105. The van der Waals surface area contributed by atoms with Gasteiger partial charge in [-0.15, -0.1) is 5.11 Å². The zero-order chi connectivity index (χ0) is 20.3. The monoisotopic (exact) mass is 380 g/mol. The summed E-state index contributed by atoms with van der Waals surface area (Å²) in [6.07, 6.45) is 2.22. The molecule has 0 aliphatic rings. The molecule has 1 aromatic heterocycles. The predicted molar refractivity (Wildman–Crippen MR) is 101 cm³/mol. The van der Waals surface area contributed by atoms with Crippen molar-refractivity contribution < 1.29 is 19.6 Å². The van der Waals surface area contributed by atoms with E-state index in [-0.39, 0.29) is 17.2 Å². The van der Waals surface area contributed by atoms with Crippen LogP contribution in [0.3, 0.4) is 0 Å². The summed E-state index contributed by atoms with van der Waals surface area (Å²) < 4.78 is 6.34. The Balaban J connectivity index is 1.69. The molecule has 142 valence electrons. The van der Waals surface area contributed by atoms with Crippen LogP contribution in [-0.2, 0) is 0 Å². The lowest BCUT2D eigenvalue weighted by Crippen LogP contribution is -2.14. The second-order valence-corrected chi connectivity index (χ2v) is 6.02. The van der Waals surface area contributed by atoms with Crippen molar-refractivity contribution in [2.75, 3.05) is 0 Å². The molecule has 3 rings (SSSR count). The smallest absolute Gasteiger partial charge is 0.423 e. The molecule has 0 fully saturated rings. The zero-order valence-electron chi connectivity index (χ0n) is 15.1. The summed E-state index contributed by atoms with van der Waals surface area (Å²) in [5, 5.41) is 28.6. The number of nitrogens with zero attached hydrogens (tertiary/aromatic N) is 4. The Morgan fingerprint density at radius 3 is 2.29 bits per heavy atom. The highest BCUT2D eigenvalue weighted by Gasteiger charge is 2.10. The Morgan fingerprint density at radius 1 is 1.07 bits per heavy atom. The highest BCUT2D eigenvalue weighted by Crippen LogP contribution is 2.28. The Labute approximate surface area is 159 Å². The number of non-ortho nitro benzene ring substituents is 1. The largest absolute Gasteiger partial charge is 0.507 e. The van der Waals surface area contributed by atoms with Crippen LogP contribution in [0.2, 0.25) is 0 Å². The quantitative estimate of drug-likeness (QED) is 0.380. The van der Waals surface area contributed by atoms with Gasteiger partial charge in [0.1, 0.15) is 17.2 Å². The van der Waals surface area contributed by atoms with E-state index >= 15 is 0 Å². The number of nitro groups is 1. The van der Waals surface area contributed by atoms with Crippen molar-refractivity contribution in [2.24, 2.45) is 10.2 Å².